The fourth-order valence-corrected chi connectivity index (χ4v) is 4.43. The maximum absolute atomic E-state index is 13.4. The summed E-state index contributed by atoms with van der Waals surface area (Å²) in [6.45, 7) is -0.359. The molecule has 3 heterocycles. The molecule has 1 unspecified atom stereocenters. The van der Waals surface area contributed by atoms with Crippen LogP contribution in [0.25, 0.3) is 10.9 Å². The van der Waals surface area contributed by atoms with E-state index in [1.54, 1.807) is 0 Å². The van der Waals surface area contributed by atoms with Gasteiger partial charge in [0.15, 0.2) is 0 Å². The van der Waals surface area contributed by atoms with Gasteiger partial charge >= 0.3 is 10.2 Å². The molecule has 2 aromatic heterocycles. The number of nitrogens with one attached hydrogen (secondary N) is 1. The van der Waals surface area contributed by atoms with E-state index in [2.05, 4.69) is 14.7 Å². The van der Waals surface area contributed by atoms with E-state index in [0.29, 0.717) is 5.52 Å². The Balaban J connectivity index is 1.66. The smallest absolute Gasteiger partial charge is 0.302 e. The molecule has 0 saturated carbocycles. The number of alkyl halides is 3. The molecule has 0 bridgehead atoms. The zero-order chi connectivity index (χ0) is 23.0. The molecule has 0 aliphatic carbocycles. The molecule has 1 aromatic carbocycles. The van der Waals surface area contributed by atoms with Gasteiger partial charge in [-0.15, -0.1) is 0 Å². The number of hydrogen-bond acceptors (Lipinski definition) is 6. The number of pyridine rings is 1. The maximum atomic E-state index is 13.4. The Morgan fingerprint density at radius 3 is 2.72 bits per heavy atom. The summed E-state index contributed by atoms with van der Waals surface area (Å²) in [6.07, 6.45) is -2.81. The van der Waals surface area contributed by atoms with Crippen LogP contribution in [0.2, 0.25) is 0 Å². The zero-order valence-corrected chi connectivity index (χ0v) is 17.5. The van der Waals surface area contributed by atoms with Crippen LogP contribution in [0.1, 0.15) is 18.4 Å². The van der Waals surface area contributed by atoms with E-state index >= 15 is 0 Å². The normalized spacial score (nSPS) is 17.2. The maximum Gasteiger partial charge on any atom is 0.302 e. The third-order valence-corrected chi connectivity index (χ3v) is 6.33. The Labute approximate surface area is 180 Å². The lowest BCUT2D eigenvalue weighted by Crippen LogP contribution is -2.34. The molecule has 32 heavy (non-hydrogen) atoms. The number of aryl methyl sites for hydroxylation is 1. The molecule has 1 N–H and O–H groups in total. The van der Waals surface area contributed by atoms with Crippen molar-refractivity contribution in [1.82, 2.24) is 18.8 Å². The van der Waals surface area contributed by atoms with Crippen LogP contribution in [0.3, 0.4) is 0 Å². The van der Waals surface area contributed by atoms with Gasteiger partial charge < -0.3 is 9.30 Å². The van der Waals surface area contributed by atoms with Gasteiger partial charge in [-0.2, -0.15) is 17.7 Å². The van der Waals surface area contributed by atoms with Crippen molar-refractivity contribution < 1.29 is 26.3 Å². The number of anilines is 1. The Kier molecular flexibility index (Phi) is 5.77. The monoisotopic (exact) mass is 469 g/mol. The number of benzene rings is 1. The molecule has 1 aliphatic rings. The van der Waals surface area contributed by atoms with Gasteiger partial charge in [-0.1, -0.05) is 0 Å². The van der Waals surface area contributed by atoms with Crippen LogP contribution < -0.4 is 15.0 Å². The third kappa shape index (κ3) is 4.53. The standard InChI is InChI=1S/C19H18F3N5O4S/c1-26-10-23-15-3-2-13(8-14(15)19(26)28)31-17-7-11(18(21)22)6-16(24-17)25-32(29,30)27-5-4-12(20)9-27/h2-3,6-8,10,12,18H,4-5,9H2,1H3,(H,24,25). The highest BCUT2D eigenvalue weighted by molar-refractivity contribution is 7.90. The SMILES string of the molecule is Cn1cnc2ccc(Oc3cc(C(F)F)cc(NS(=O)(=O)N4CCC(F)C4)n3)cc2c1=O. The molecule has 1 saturated heterocycles. The van der Waals surface area contributed by atoms with Crippen LogP contribution in [0.15, 0.2) is 41.5 Å². The van der Waals surface area contributed by atoms with Gasteiger partial charge in [0.25, 0.3) is 12.0 Å². The zero-order valence-electron chi connectivity index (χ0n) is 16.7. The van der Waals surface area contributed by atoms with Crippen LogP contribution in [-0.2, 0) is 17.3 Å². The van der Waals surface area contributed by atoms with E-state index in [9.17, 15) is 26.4 Å². The van der Waals surface area contributed by atoms with Crippen molar-refractivity contribution in [3.05, 3.63) is 52.6 Å². The minimum Gasteiger partial charge on any atom is -0.439 e. The Hall–Kier alpha value is -3.19. The van der Waals surface area contributed by atoms with Gasteiger partial charge in [0.05, 0.1) is 17.2 Å². The average molecular weight is 469 g/mol. The number of nitrogens with zero attached hydrogens (tertiary/aromatic N) is 4. The van der Waals surface area contributed by atoms with Gasteiger partial charge in [-0.3, -0.25) is 9.52 Å². The molecule has 4 rings (SSSR count). The number of aromatic nitrogens is 3. The predicted molar refractivity (Wildman–Crippen MR) is 110 cm³/mol. The van der Waals surface area contributed by atoms with Crippen molar-refractivity contribution in [2.45, 2.75) is 19.0 Å². The van der Waals surface area contributed by atoms with Crippen LogP contribution >= 0.6 is 0 Å². The number of ether oxygens (including phenoxy) is 1. The second-order valence-corrected chi connectivity index (χ2v) is 8.89. The lowest BCUT2D eigenvalue weighted by molar-refractivity contribution is 0.151. The molecule has 13 heteroatoms. The molecule has 1 fully saturated rings. The van der Waals surface area contributed by atoms with E-state index in [1.807, 2.05) is 0 Å². The highest BCUT2D eigenvalue weighted by Crippen LogP contribution is 2.29. The first kappa shape index (κ1) is 22.0. The molecule has 170 valence electrons. The molecule has 1 aliphatic heterocycles. The highest BCUT2D eigenvalue weighted by atomic mass is 32.2. The lowest BCUT2D eigenvalue weighted by atomic mass is 10.2. The van der Waals surface area contributed by atoms with Crippen molar-refractivity contribution in [1.29, 1.82) is 0 Å². The van der Waals surface area contributed by atoms with Gasteiger partial charge in [-0.05, 0) is 30.7 Å². The van der Waals surface area contributed by atoms with Crippen LogP contribution in [0.4, 0.5) is 19.0 Å². The molecular weight excluding hydrogens is 451 g/mol. The topological polar surface area (TPSA) is 106 Å². The fraction of sp³-hybridized carbons (Fsp3) is 0.316. The third-order valence-electron chi connectivity index (χ3n) is 4.85. The van der Waals surface area contributed by atoms with E-state index in [0.717, 1.165) is 16.4 Å². The van der Waals surface area contributed by atoms with Crippen LogP contribution in [0.5, 0.6) is 11.6 Å². The van der Waals surface area contributed by atoms with Crippen molar-refractivity contribution in [2.75, 3.05) is 17.8 Å². The quantitative estimate of drug-likeness (QED) is 0.595. The predicted octanol–water partition coefficient (Wildman–Crippen LogP) is 2.76. The summed E-state index contributed by atoms with van der Waals surface area (Å²) in [5.41, 5.74) is -0.448. The summed E-state index contributed by atoms with van der Waals surface area (Å²) in [5, 5.41) is 0.244. The number of rotatable bonds is 6. The molecule has 0 amide bonds. The Morgan fingerprint density at radius 1 is 1.25 bits per heavy atom. The average Bonchev–Trinajstić information content (AvgIpc) is 3.18. The van der Waals surface area contributed by atoms with E-state index in [4.69, 9.17) is 4.74 Å². The minimum atomic E-state index is -4.19. The van der Waals surface area contributed by atoms with Crippen molar-refractivity contribution in [3.8, 4) is 11.6 Å². The van der Waals surface area contributed by atoms with Crippen molar-refractivity contribution in [2.24, 2.45) is 7.05 Å². The van der Waals surface area contributed by atoms with Crippen LogP contribution in [0, 0.1) is 0 Å². The Morgan fingerprint density at radius 2 is 2.03 bits per heavy atom. The first-order valence-electron chi connectivity index (χ1n) is 9.48. The first-order chi connectivity index (χ1) is 15.1. The second-order valence-electron chi connectivity index (χ2n) is 7.22. The highest BCUT2D eigenvalue weighted by Gasteiger charge is 2.32. The minimum absolute atomic E-state index is 0.0333. The van der Waals surface area contributed by atoms with Gasteiger partial charge in [0.1, 0.15) is 17.7 Å². The number of hydrogen-bond donors (Lipinski definition) is 1. The summed E-state index contributed by atoms with van der Waals surface area (Å²) in [5.74, 6) is -0.598. The number of halogens is 3. The molecular formula is C19H18F3N5O4S. The lowest BCUT2D eigenvalue weighted by Gasteiger charge is -2.17. The van der Waals surface area contributed by atoms with Gasteiger partial charge in [0.2, 0.25) is 5.88 Å². The first-order valence-corrected chi connectivity index (χ1v) is 10.9. The largest absolute Gasteiger partial charge is 0.439 e. The molecule has 9 nitrogen and oxygen atoms in total. The second kappa shape index (κ2) is 8.39. The molecule has 1 atom stereocenters. The van der Waals surface area contributed by atoms with E-state index < -0.39 is 34.2 Å². The van der Waals surface area contributed by atoms with Crippen molar-refractivity contribution >= 4 is 26.9 Å². The summed E-state index contributed by atoms with van der Waals surface area (Å²) in [4.78, 5) is 20.3. The molecule has 3 aromatic rings. The van der Waals surface area contributed by atoms with Gasteiger partial charge in [-0.25, -0.2) is 18.2 Å². The fourth-order valence-electron chi connectivity index (χ4n) is 3.23. The van der Waals surface area contributed by atoms with Gasteiger partial charge in [0, 0.05) is 31.8 Å². The summed E-state index contributed by atoms with van der Waals surface area (Å²) in [6, 6.07) is 6.21. The van der Waals surface area contributed by atoms with E-state index in [-0.39, 0.29) is 42.1 Å². The Bertz CT molecular complexity index is 1330. The van der Waals surface area contributed by atoms with Crippen molar-refractivity contribution in [3.63, 3.8) is 0 Å². The molecule has 0 radical (unpaired) electrons. The summed E-state index contributed by atoms with van der Waals surface area (Å²) >= 11 is 0. The van der Waals surface area contributed by atoms with Crippen LogP contribution in [-0.4, -0.2) is 46.5 Å². The summed E-state index contributed by atoms with van der Waals surface area (Å²) in [7, 11) is -2.66. The number of fused-ring (bicyclic) bond motifs is 1. The summed E-state index contributed by atoms with van der Waals surface area (Å²) < 4.78 is 74.8. The molecule has 0 spiro atoms. The van der Waals surface area contributed by atoms with E-state index in [1.165, 1.54) is 36.1 Å².